The number of carbonyl (C=O) groups is 2. The maximum atomic E-state index is 12.0. The molecule has 116 valence electrons. The Bertz CT molecular complexity index is 624. The number of rotatable bonds is 6. The van der Waals surface area contributed by atoms with Crippen molar-refractivity contribution in [1.29, 1.82) is 0 Å². The van der Waals surface area contributed by atoms with Crippen molar-refractivity contribution >= 4 is 27.6 Å². The summed E-state index contributed by atoms with van der Waals surface area (Å²) in [4.78, 5) is 21.4. The molecule has 0 aliphatic rings. The van der Waals surface area contributed by atoms with Crippen molar-refractivity contribution in [2.45, 2.75) is 30.9 Å². The minimum atomic E-state index is -4.14. The lowest BCUT2D eigenvalue weighted by Gasteiger charge is -2.22. The quantitative estimate of drug-likeness (QED) is 0.580. The van der Waals surface area contributed by atoms with Gasteiger partial charge in [-0.25, -0.2) is 8.42 Å². The van der Waals surface area contributed by atoms with Crippen LogP contribution in [0.25, 0.3) is 0 Å². The monoisotopic (exact) mass is 315 g/mol. The normalized spacial score (nSPS) is 14.2. The van der Waals surface area contributed by atoms with Gasteiger partial charge in [0.05, 0.1) is 23.0 Å². The van der Waals surface area contributed by atoms with Gasteiger partial charge in [-0.1, -0.05) is 0 Å². The Kier molecular flexibility index (Phi) is 5.41. The number of amides is 1. The van der Waals surface area contributed by atoms with E-state index in [-0.39, 0.29) is 10.8 Å². The molecule has 0 aliphatic heterocycles. The van der Waals surface area contributed by atoms with E-state index in [2.05, 4.69) is 5.32 Å². The van der Waals surface area contributed by atoms with Gasteiger partial charge in [-0.05, 0) is 31.2 Å². The first-order chi connectivity index (χ1) is 9.63. The van der Waals surface area contributed by atoms with Gasteiger partial charge >= 0.3 is 0 Å². The zero-order valence-electron chi connectivity index (χ0n) is 11.4. The standard InChI is InChI=1S/C12H16N2O6S/c1-7(15)11(12(17)18)14-21(19,20)10-5-3-9(4-6-10)13-8(2)16/h3-7,11,14-15H,1-2H3,(H,13,16)(H,17,18)/p-1/t7-,11+/m1/s1. The number of hydrogen-bond donors (Lipinski definition) is 3. The molecule has 0 saturated carbocycles. The number of aliphatic hydroxyl groups is 1. The Hall–Kier alpha value is -1.97. The molecule has 2 atom stereocenters. The maximum Gasteiger partial charge on any atom is 0.241 e. The Morgan fingerprint density at radius 3 is 2.14 bits per heavy atom. The maximum absolute atomic E-state index is 12.0. The Labute approximate surface area is 121 Å². The van der Waals surface area contributed by atoms with Crippen LogP contribution >= 0.6 is 0 Å². The first kappa shape index (κ1) is 17.1. The summed E-state index contributed by atoms with van der Waals surface area (Å²) in [6.45, 7) is 2.43. The van der Waals surface area contributed by atoms with E-state index < -0.39 is 28.1 Å². The molecule has 8 nitrogen and oxygen atoms in total. The molecule has 0 spiro atoms. The second kappa shape index (κ2) is 6.66. The van der Waals surface area contributed by atoms with Gasteiger partial charge in [-0.3, -0.25) is 4.79 Å². The first-order valence-electron chi connectivity index (χ1n) is 5.92. The van der Waals surface area contributed by atoms with Crippen molar-refractivity contribution in [2.24, 2.45) is 0 Å². The second-order valence-electron chi connectivity index (χ2n) is 4.36. The summed E-state index contributed by atoms with van der Waals surface area (Å²) in [5, 5.41) is 22.5. The Balaban J connectivity index is 2.97. The molecular formula is C12H15N2O6S-. The molecule has 0 fully saturated rings. The van der Waals surface area contributed by atoms with Crippen molar-refractivity contribution in [1.82, 2.24) is 4.72 Å². The van der Waals surface area contributed by atoms with Gasteiger partial charge in [0.2, 0.25) is 15.9 Å². The molecular weight excluding hydrogens is 300 g/mol. The zero-order valence-corrected chi connectivity index (χ0v) is 12.2. The molecule has 1 aromatic carbocycles. The predicted octanol–water partition coefficient (Wildman–Crippen LogP) is -1.58. The van der Waals surface area contributed by atoms with Crippen molar-refractivity contribution in [3.63, 3.8) is 0 Å². The van der Waals surface area contributed by atoms with E-state index in [1.54, 1.807) is 0 Å². The molecule has 0 heterocycles. The van der Waals surface area contributed by atoms with E-state index >= 15 is 0 Å². The fraction of sp³-hybridized carbons (Fsp3) is 0.333. The molecule has 3 N–H and O–H groups in total. The molecule has 0 bridgehead atoms. The van der Waals surface area contributed by atoms with Crippen molar-refractivity contribution < 1.29 is 28.2 Å². The van der Waals surface area contributed by atoms with Crippen LogP contribution in [0.5, 0.6) is 0 Å². The van der Waals surface area contributed by atoms with E-state index in [1.807, 2.05) is 4.72 Å². The van der Waals surface area contributed by atoms with Crippen LogP contribution in [0.2, 0.25) is 0 Å². The van der Waals surface area contributed by atoms with Gasteiger partial charge in [0.25, 0.3) is 0 Å². The van der Waals surface area contributed by atoms with Gasteiger partial charge in [-0.2, -0.15) is 4.72 Å². The Morgan fingerprint density at radius 1 is 1.24 bits per heavy atom. The summed E-state index contributed by atoms with van der Waals surface area (Å²) in [6.07, 6.45) is -1.46. The number of nitrogens with one attached hydrogen (secondary N) is 2. The largest absolute Gasteiger partial charge is 0.548 e. The number of carboxylic acid groups (broad SMARTS) is 1. The summed E-state index contributed by atoms with van der Waals surface area (Å²) >= 11 is 0. The van der Waals surface area contributed by atoms with E-state index in [0.29, 0.717) is 5.69 Å². The molecule has 9 heteroatoms. The summed E-state index contributed by atoms with van der Waals surface area (Å²) in [5.74, 6) is -2.04. The third-order valence-electron chi connectivity index (χ3n) is 2.50. The van der Waals surface area contributed by atoms with Gasteiger partial charge < -0.3 is 20.3 Å². The molecule has 1 rings (SSSR count). The van der Waals surface area contributed by atoms with Crippen LogP contribution in [0.15, 0.2) is 29.2 Å². The van der Waals surface area contributed by atoms with Crippen LogP contribution in [-0.4, -0.2) is 37.5 Å². The average Bonchev–Trinajstić information content (AvgIpc) is 2.35. The molecule has 1 amide bonds. The number of sulfonamides is 1. The van der Waals surface area contributed by atoms with Crippen LogP contribution in [-0.2, 0) is 19.6 Å². The van der Waals surface area contributed by atoms with Crippen LogP contribution < -0.4 is 15.1 Å². The lowest BCUT2D eigenvalue weighted by atomic mass is 10.2. The highest BCUT2D eigenvalue weighted by Gasteiger charge is 2.24. The summed E-state index contributed by atoms with van der Waals surface area (Å²) in [5.41, 5.74) is 0.397. The molecule has 1 aromatic rings. The van der Waals surface area contributed by atoms with Gasteiger partial charge in [0.1, 0.15) is 0 Å². The highest BCUT2D eigenvalue weighted by atomic mass is 32.2. The SMILES string of the molecule is CC(=O)Nc1ccc(S(=O)(=O)N[C@H](C(=O)[O-])[C@@H](C)O)cc1. The minimum Gasteiger partial charge on any atom is -0.548 e. The fourth-order valence-electron chi connectivity index (χ4n) is 1.50. The van der Waals surface area contributed by atoms with E-state index in [1.165, 1.54) is 31.2 Å². The number of carbonyl (C=O) groups excluding carboxylic acids is 2. The van der Waals surface area contributed by atoms with Crippen LogP contribution in [0.4, 0.5) is 5.69 Å². The molecule has 0 aromatic heterocycles. The molecule has 21 heavy (non-hydrogen) atoms. The van der Waals surface area contributed by atoms with Gasteiger partial charge in [0, 0.05) is 12.6 Å². The molecule has 0 aliphatic carbocycles. The van der Waals surface area contributed by atoms with Gasteiger partial charge in [0.15, 0.2) is 0 Å². The lowest BCUT2D eigenvalue weighted by Crippen LogP contribution is -2.53. The number of aliphatic hydroxyl groups excluding tert-OH is 1. The van der Waals surface area contributed by atoms with E-state index in [0.717, 1.165) is 6.92 Å². The van der Waals surface area contributed by atoms with Gasteiger partial charge in [-0.15, -0.1) is 0 Å². The third-order valence-corrected chi connectivity index (χ3v) is 3.96. The number of hydrogen-bond acceptors (Lipinski definition) is 6. The number of anilines is 1. The molecule has 0 saturated heterocycles. The van der Waals surface area contributed by atoms with Crippen LogP contribution in [0.3, 0.4) is 0 Å². The summed E-state index contributed by atoms with van der Waals surface area (Å²) in [7, 11) is -4.14. The van der Waals surface area contributed by atoms with Crippen molar-refractivity contribution in [3.05, 3.63) is 24.3 Å². The average molecular weight is 315 g/mol. The Morgan fingerprint density at radius 2 is 1.76 bits per heavy atom. The first-order valence-corrected chi connectivity index (χ1v) is 7.40. The third kappa shape index (κ3) is 4.81. The van der Waals surface area contributed by atoms with E-state index in [9.17, 15) is 28.2 Å². The highest BCUT2D eigenvalue weighted by molar-refractivity contribution is 7.89. The number of benzene rings is 1. The minimum absolute atomic E-state index is 0.205. The topological polar surface area (TPSA) is 136 Å². The highest BCUT2D eigenvalue weighted by Crippen LogP contribution is 2.14. The summed E-state index contributed by atoms with van der Waals surface area (Å²) in [6, 6.07) is 3.34. The van der Waals surface area contributed by atoms with E-state index in [4.69, 9.17) is 0 Å². The van der Waals surface area contributed by atoms with Crippen LogP contribution in [0, 0.1) is 0 Å². The van der Waals surface area contributed by atoms with Crippen molar-refractivity contribution in [3.8, 4) is 0 Å². The smallest absolute Gasteiger partial charge is 0.241 e. The number of aliphatic carboxylic acids is 1. The lowest BCUT2D eigenvalue weighted by molar-refractivity contribution is -0.309. The van der Waals surface area contributed by atoms with Crippen LogP contribution in [0.1, 0.15) is 13.8 Å². The second-order valence-corrected chi connectivity index (χ2v) is 6.08. The summed E-state index contributed by atoms with van der Waals surface area (Å²) < 4.78 is 25.8. The molecule has 0 unspecified atom stereocenters. The zero-order chi connectivity index (χ0) is 16.2. The van der Waals surface area contributed by atoms with Crippen molar-refractivity contribution in [2.75, 3.05) is 5.32 Å². The fourth-order valence-corrected chi connectivity index (χ4v) is 2.76. The molecule has 0 radical (unpaired) electrons. The number of carboxylic acids is 1. The predicted molar refractivity (Wildman–Crippen MR) is 71.5 cm³/mol.